The van der Waals surface area contributed by atoms with E-state index in [0.717, 1.165) is 29.8 Å². The highest BCUT2D eigenvalue weighted by Crippen LogP contribution is 2.30. The van der Waals surface area contributed by atoms with E-state index in [1.165, 1.54) is 4.90 Å². The molecule has 1 aliphatic rings. The van der Waals surface area contributed by atoms with Crippen LogP contribution in [0.25, 0.3) is 0 Å². The fraction of sp³-hybridized carbons (Fsp3) is 0.429. The van der Waals surface area contributed by atoms with Gasteiger partial charge in [-0.1, -0.05) is 12.1 Å². The second-order valence-electron chi connectivity index (χ2n) is 4.67. The molecule has 0 radical (unpaired) electrons. The summed E-state index contributed by atoms with van der Waals surface area (Å²) >= 11 is 0. The number of benzene rings is 1. The SMILES string of the molecule is CNCCCC(=O)N1C(=O)Cc2cc(CN)ccc21. The third-order valence-electron chi connectivity index (χ3n) is 3.28. The molecule has 1 aliphatic heterocycles. The van der Waals surface area contributed by atoms with Gasteiger partial charge < -0.3 is 11.1 Å². The molecular weight excluding hydrogens is 242 g/mol. The first-order chi connectivity index (χ1) is 9.17. The zero-order chi connectivity index (χ0) is 13.8. The van der Waals surface area contributed by atoms with Gasteiger partial charge in [0.2, 0.25) is 11.8 Å². The quantitative estimate of drug-likeness (QED) is 0.759. The number of fused-ring (bicyclic) bond motifs is 1. The summed E-state index contributed by atoms with van der Waals surface area (Å²) in [7, 11) is 1.84. The zero-order valence-electron chi connectivity index (χ0n) is 11.1. The van der Waals surface area contributed by atoms with Crippen molar-refractivity contribution in [2.45, 2.75) is 25.8 Å². The number of nitrogens with zero attached hydrogens (tertiary/aromatic N) is 1. The van der Waals surface area contributed by atoms with Crippen LogP contribution in [0.2, 0.25) is 0 Å². The Morgan fingerprint density at radius 1 is 1.47 bits per heavy atom. The second-order valence-corrected chi connectivity index (χ2v) is 4.67. The normalized spacial score (nSPS) is 13.8. The van der Waals surface area contributed by atoms with Crippen molar-refractivity contribution in [3.63, 3.8) is 0 Å². The summed E-state index contributed by atoms with van der Waals surface area (Å²) in [6, 6.07) is 5.60. The molecule has 0 saturated carbocycles. The summed E-state index contributed by atoms with van der Waals surface area (Å²) < 4.78 is 0. The minimum atomic E-state index is -0.140. The first-order valence-corrected chi connectivity index (χ1v) is 6.49. The van der Waals surface area contributed by atoms with E-state index in [-0.39, 0.29) is 11.8 Å². The van der Waals surface area contributed by atoms with E-state index in [9.17, 15) is 9.59 Å². The maximum atomic E-state index is 12.1. The number of carbonyl (C=O) groups is 2. The van der Waals surface area contributed by atoms with Crippen LogP contribution in [-0.2, 0) is 22.6 Å². The van der Waals surface area contributed by atoms with Crippen LogP contribution < -0.4 is 16.0 Å². The standard InChI is InChI=1S/C14H19N3O2/c1-16-6-2-3-13(18)17-12-5-4-10(9-15)7-11(12)8-14(17)19/h4-5,7,16H,2-3,6,8-9,15H2,1H3. The number of imide groups is 1. The minimum absolute atomic E-state index is 0.125. The smallest absolute Gasteiger partial charge is 0.238 e. The van der Waals surface area contributed by atoms with Crippen molar-refractivity contribution in [2.24, 2.45) is 5.73 Å². The minimum Gasteiger partial charge on any atom is -0.326 e. The summed E-state index contributed by atoms with van der Waals surface area (Å²) in [5.41, 5.74) is 8.18. The highest BCUT2D eigenvalue weighted by Gasteiger charge is 2.31. The molecular formula is C14H19N3O2. The molecule has 0 saturated heterocycles. The van der Waals surface area contributed by atoms with Crippen molar-refractivity contribution in [1.82, 2.24) is 5.32 Å². The largest absolute Gasteiger partial charge is 0.326 e. The van der Waals surface area contributed by atoms with E-state index < -0.39 is 0 Å². The van der Waals surface area contributed by atoms with Crippen molar-refractivity contribution in [2.75, 3.05) is 18.5 Å². The summed E-state index contributed by atoms with van der Waals surface area (Å²) in [6.07, 6.45) is 1.40. The predicted molar refractivity (Wildman–Crippen MR) is 73.7 cm³/mol. The Kier molecular flexibility index (Phi) is 4.29. The highest BCUT2D eigenvalue weighted by molar-refractivity contribution is 6.19. The van der Waals surface area contributed by atoms with Gasteiger partial charge in [-0.05, 0) is 37.2 Å². The molecule has 0 aliphatic carbocycles. The van der Waals surface area contributed by atoms with Crippen molar-refractivity contribution in [1.29, 1.82) is 0 Å². The van der Waals surface area contributed by atoms with E-state index in [0.29, 0.717) is 19.4 Å². The van der Waals surface area contributed by atoms with Gasteiger partial charge in [-0.15, -0.1) is 0 Å². The Hall–Kier alpha value is -1.72. The summed E-state index contributed by atoms with van der Waals surface area (Å²) in [6.45, 7) is 1.21. The van der Waals surface area contributed by atoms with Crippen LogP contribution in [-0.4, -0.2) is 25.4 Å². The van der Waals surface area contributed by atoms with Gasteiger partial charge in [0.25, 0.3) is 0 Å². The lowest BCUT2D eigenvalue weighted by atomic mass is 10.1. The van der Waals surface area contributed by atoms with E-state index in [4.69, 9.17) is 5.73 Å². The lowest BCUT2D eigenvalue weighted by molar-refractivity contribution is -0.125. The molecule has 0 unspecified atom stereocenters. The van der Waals surface area contributed by atoms with Crippen molar-refractivity contribution >= 4 is 17.5 Å². The molecule has 3 N–H and O–H groups in total. The summed E-state index contributed by atoms with van der Waals surface area (Å²) in [5.74, 6) is -0.266. The van der Waals surface area contributed by atoms with E-state index >= 15 is 0 Å². The molecule has 0 fully saturated rings. The average Bonchev–Trinajstić information content (AvgIpc) is 2.73. The Morgan fingerprint density at radius 2 is 2.26 bits per heavy atom. The van der Waals surface area contributed by atoms with Gasteiger partial charge in [-0.2, -0.15) is 0 Å². The molecule has 0 bridgehead atoms. The second kappa shape index (κ2) is 5.95. The van der Waals surface area contributed by atoms with Gasteiger partial charge in [0, 0.05) is 13.0 Å². The molecule has 1 heterocycles. The summed E-state index contributed by atoms with van der Waals surface area (Å²) in [4.78, 5) is 25.4. The average molecular weight is 261 g/mol. The third-order valence-corrected chi connectivity index (χ3v) is 3.28. The number of nitrogens with one attached hydrogen (secondary N) is 1. The highest BCUT2D eigenvalue weighted by atomic mass is 16.2. The van der Waals surface area contributed by atoms with Crippen molar-refractivity contribution < 1.29 is 9.59 Å². The molecule has 1 aromatic rings. The molecule has 5 heteroatoms. The van der Waals surface area contributed by atoms with E-state index in [2.05, 4.69) is 5.32 Å². The topological polar surface area (TPSA) is 75.4 Å². The molecule has 1 aromatic carbocycles. The number of carbonyl (C=O) groups excluding carboxylic acids is 2. The number of anilines is 1. The van der Waals surface area contributed by atoms with Gasteiger partial charge in [-0.25, -0.2) is 4.90 Å². The Labute approximate surface area is 112 Å². The Bertz CT molecular complexity index is 499. The van der Waals surface area contributed by atoms with Crippen LogP contribution in [0.1, 0.15) is 24.0 Å². The van der Waals surface area contributed by atoms with Crippen molar-refractivity contribution in [3.05, 3.63) is 29.3 Å². The first kappa shape index (κ1) is 13.7. The molecule has 5 nitrogen and oxygen atoms in total. The van der Waals surface area contributed by atoms with Crippen molar-refractivity contribution in [3.8, 4) is 0 Å². The molecule has 19 heavy (non-hydrogen) atoms. The van der Waals surface area contributed by atoms with E-state index in [1.54, 1.807) is 0 Å². The fourth-order valence-electron chi connectivity index (χ4n) is 2.30. The van der Waals surface area contributed by atoms with E-state index in [1.807, 2.05) is 25.2 Å². The van der Waals surface area contributed by atoms with Gasteiger partial charge in [-0.3, -0.25) is 9.59 Å². The molecule has 2 amide bonds. The fourth-order valence-corrected chi connectivity index (χ4v) is 2.30. The number of hydrogen-bond donors (Lipinski definition) is 2. The van der Waals surface area contributed by atoms with Crippen LogP contribution in [0, 0.1) is 0 Å². The van der Waals surface area contributed by atoms with Crippen LogP contribution in [0.3, 0.4) is 0 Å². The maximum absolute atomic E-state index is 12.1. The van der Waals surface area contributed by atoms with Gasteiger partial charge in [0.1, 0.15) is 0 Å². The molecule has 0 aromatic heterocycles. The Morgan fingerprint density at radius 3 is 2.95 bits per heavy atom. The summed E-state index contributed by atoms with van der Waals surface area (Å²) in [5, 5.41) is 2.99. The molecule has 2 rings (SSSR count). The van der Waals surface area contributed by atoms with Gasteiger partial charge >= 0.3 is 0 Å². The number of rotatable bonds is 5. The molecule has 0 spiro atoms. The first-order valence-electron chi connectivity index (χ1n) is 6.49. The molecule has 102 valence electrons. The lowest BCUT2D eigenvalue weighted by Crippen LogP contribution is -2.33. The van der Waals surface area contributed by atoms with Gasteiger partial charge in [0.05, 0.1) is 12.1 Å². The Balaban J connectivity index is 2.15. The zero-order valence-corrected chi connectivity index (χ0v) is 11.1. The number of amides is 2. The van der Waals surface area contributed by atoms with Crippen LogP contribution in [0.5, 0.6) is 0 Å². The predicted octanol–water partition coefficient (Wildman–Crippen LogP) is 0.561. The number of nitrogens with two attached hydrogens (primary N) is 1. The monoisotopic (exact) mass is 261 g/mol. The maximum Gasteiger partial charge on any atom is 0.238 e. The third kappa shape index (κ3) is 2.83. The van der Waals surface area contributed by atoms with Crippen LogP contribution in [0.4, 0.5) is 5.69 Å². The molecule has 0 atom stereocenters. The van der Waals surface area contributed by atoms with Gasteiger partial charge in [0.15, 0.2) is 0 Å². The van der Waals surface area contributed by atoms with Crippen LogP contribution >= 0.6 is 0 Å². The van der Waals surface area contributed by atoms with Crippen LogP contribution in [0.15, 0.2) is 18.2 Å². The lowest BCUT2D eigenvalue weighted by Gasteiger charge is -2.15. The number of hydrogen-bond acceptors (Lipinski definition) is 4.